The molecule has 5 heteroatoms. The molecule has 0 radical (unpaired) electrons. The minimum atomic E-state index is -0.197. The van der Waals surface area contributed by atoms with Gasteiger partial charge in [0.25, 0.3) is 5.56 Å². The lowest BCUT2D eigenvalue weighted by Crippen LogP contribution is -2.55. The van der Waals surface area contributed by atoms with Crippen molar-refractivity contribution in [2.24, 2.45) is 11.7 Å². The first kappa shape index (κ1) is 17.5. The lowest BCUT2D eigenvalue weighted by Gasteiger charge is -2.45. The van der Waals surface area contributed by atoms with Crippen molar-refractivity contribution in [3.63, 3.8) is 0 Å². The zero-order valence-corrected chi connectivity index (χ0v) is 15.5. The third kappa shape index (κ3) is 2.63. The van der Waals surface area contributed by atoms with Crippen molar-refractivity contribution in [1.82, 2.24) is 15.6 Å². The largest absolute Gasteiger partial charge is 0.403 e. The van der Waals surface area contributed by atoms with Gasteiger partial charge in [-0.25, -0.2) is 0 Å². The number of nitrogens with one attached hydrogen (secondary N) is 3. The van der Waals surface area contributed by atoms with Gasteiger partial charge in [0.15, 0.2) is 0 Å². The summed E-state index contributed by atoms with van der Waals surface area (Å²) in [4.78, 5) is 15.3. The van der Waals surface area contributed by atoms with Crippen LogP contribution in [-0.4, -0.2) is 25.1 Å². The minimum absolute atomic E-state index is 0.0176. The molecule has 1 aromatic carbocycles. The standard InChI is InChI=1S/C20H28N4O/c1-5-15-12(2)16-8-13(6-7-17(16)24-19(15)25)20(3,14-10-23-11-14)18(9-21)22-4/h6-9,14,22-23H,5,10-11,21H2,1-4H3,(H,24,25)/b18-9-. The lowest BCUT2D eigenvalue weighted by molar-refractivity contribution is 0.229. The Kier molecular flexibility index (Phi) is 4.60. The molecule has 1 atom stereocenters. The van der Waals surface area contributed by atoms with Crippen LogP contribution >= 0.6 is 0 Å². The summed E-state index contributed by atoms with van der Waals surface area (Å²) < 4.78 is 0. The topological polar surface area (TPSA) is 82.9 Å². The Labute approximate surface area is 148 Å². The van der Waals surface area contributed by atoms with Gasteiger partial charge in [0.2, 0.25) is 0 Å². The van der Waals surface area contributed by atoms with Crippen molar-refractivity contribution >= 4 is 10.9 Å². The molecule has 3 rings (SSSR count). The van der Waals surface area contributed by atoms with E-state index in [-0.39, 0.29) is 11.0 Å². The average molecular weight is 340 g/mol. The van der Waals surface area contributed by atoms with Crippen molar-refractivity contribution in [3.05, 3.63) is 57.1 Å². The molecule has 0 bridgehead atoms. The molecule has 5 N–H and O–H groups in total. The van der Waals surface area contributed by atoms with Gasteiger partial charge in [0.05, 0.1) is 0 Å². The minimum Gasteiger partial charge on any atom is -0.403 e. The third-order valence-corrected chi connectivity index (χ3v) is 5.95. The Morgan fingerprint density at radius 3 is 2.68 bits per heavy atom. The molecule has 1 fully saturated rings. The first-order valence-electron chi connectivity index (χ1n) is 8.94. The van der Waals surface area contributed by atoms with Gasteiger partial charge < -0.3 is 21.4 Å². The van der Waals surface area contributed by atoms with Crippen molar-refractivity contribution in [3.8, 4) is 0 Å². The quantitative estimate of drug-likeness (QED) is 0.670. The maximum atomic E-state index is 12.2. The predicted octanol–water partition coefficient (Wildman–Crippen LogP) is 1.90. The lowest BCUT2D eigenvalue weighted by atomic mass is 9.66. The molecular formula is C20H28N4O. The summed E-state index contributed by atoms with van der Waals surface area (Å²) in [7, 11) is 1.92. The van der Waals surface area contributed by atoms with E-state index in [0.29, 0.717) is 5.92 Å². The zero-order chi connectivity index (χ0) is 18.2. The van der Waals surface area contributed by atoms with Gasteiger partial charge >= 0.3 is 0 Å². The van der Waals surface area contributed by atoms with Gasteiger partial charge in [0, 0.05) is 53.9 Å². The highest BCUT2D eigenvalue weighted by Crippen LogP contribution is 2.40. The van der Waals surface area contributed by atoms with Gasteiger partial charge in [0.1, 0.15) is 0 Å². The maximum Gasteiger partial charge on any atom is 0.251 e. The highest BCUT2D eigenvalue weighted by molar-refractivity contribution is 5.84. The van der Waals surface area contributed by atoms with Crippen LogP contribution < -0.4 is 21.9 Å². The molecule has 1 aliphatic rings. The van der Waals surface area contributed by atoms with Crippen LogP contribution in [0.3, 0.4) is 0 Å². The van der Waals surface area contributed by atoms with Crippen molar-refractivity contribution in [1.29, 1.82) is 0 Å². The monoisotopic (exact) mass is 340 g/mol. The molecule has 0 spiro atoms. The highest BCUT2D eigenvalue weighted by atomic mass is 16.1. The number of likely N-dealkylation sites (N-methyl/N-ethyl adjacent to an activating group) is 1. The number of aromatic nitrogens is 1. The smallest absolute Gasteiger partial charge is 0.251 e. The number of benzene rings is 1. The summed E-state index contributed by atoms with van der Waals surface area (Å²) in [5, 5.41) is 7.77. The van der Waals surface area contributed by atoms with Crippen molar-refractivity contribution in [2.45, 2.75) is 32.6 Å². The first-order chi connectivity index (χ1) is 12.0. The normalized spacial score (nSPS) is 18.0. The summed E-state index contributed by atoms with van der Waals surface area (Å²) in [6.07, 6.45) is 2.41. The number of rotatable bonds is 5. The summed E-state index contributed by atoms with van der Waals surface area (Å²) in [6, 6.07) is 6.36. The fourth-order valence-corrected chi connectivity index (χ4v) is 4.07. The predicted molar refractivity (Wildman–Crippen MR) is 104 cm³/mol. The Bertz CT molecular complexity index is 879. The number of allylic oxidation sites excluding steroid dienone is 1. The van der Waals surface area contributed by atoms with E-state index in [2.05, 4.69) is 34.7 Å². The van der Waals surface area contributed by atoms with Crippen LogP contribution in [0.25, 0.3) is 10.9 Å². The number of nitrogens with two attached hydrogens (primary N) is 1. The Morgan fingerprint density at radius 1 is 1.44 bits per heavy atom. The van der Waals surface area contributed by atoms with E-state index < -0.39 is 0 Å². The molecule has 134 valence electrons. The Morgan fingerprint density at radius 2 is 2.16 bits per heavy atom. The summed E-state index contributed by atoms with van der Waals surface area (Å²) in [5.41, 5.74) is 10.8. The second kappa shape index (κ2) is 6.56. The van der Waals surface area contributed by atoms with Crippen molar-refractivity contribution in [2.75, 3.05) is 20.1 Å². The summed E-state index contributed by atoms with van der Waals surface area (Å²) >= 11 is 0. The number of fused-ring (bicyclic) bond motifs is 1. The average Bonchev–Trinajstić information content (AvgIpc) is 2.54. The van der Waals surface area contributed by atoms with Crippen LogP contribution in [-0.2, 0) is 11.8 Å². The van der Waals surface area contributed by atoms with Crippen LogP contribution in [0.15, 0.2) is 34.9 Å². The second-order valence-electron chi connectivity index (χ2n) is 7.06. The molecule has 1 aromatic heterocycles. The number of aryl methyl sites for hydroxylation is 1. The Hall–Kier alpha value is -2.27. The molecule has 1 aliphatic heterocycles. The summed E-state index contributed by atoms with van der Waals surface area (Å²) in [6.45, 7) is 8.25. The number of hydrogen-bond donors (Lipinski definition) is 4. The zero-order valence-electron chi connectivity index (χ0n) is 15.5. The van der Waals surface area contributed by atoms with Gasteiger partial charge in [-0.05, 0) is 49.4 Å². The van der Waals surface area contributed by atoms with Crippen molar-refractivity contribution < 1.29 is 0 Å². The van der Waals surface area contributed by atoms with E-state index in [1.54, 1.807) is 6.20 Å². The van der Waals surface area contributed by atoms with Gasteiger partial charge in [-0.3, -0.25) is 4.79 Å². The van der Waals surface area contributed by atoms with E-state index in [1.807, 2.05) is 27.0 Å². The maximum absolute atomic E-state index is 12.2. The SMILES string of the molecule is CCc1c(C)c2cc(C(C)(/C(=C/N)NC)C3CNC3)ccc2[nH]c1=O. The van der Waals surface area contributed by atoms with E-state index in [4.69, 9.17) is 5.73 Å². The number of H-pyrrole nitrogens is 1. The second-order valence-corrected chi connectivity index (χ2v) is 7.06. The number of hydrogen-bond acceptors (Lipinski definition) is 4. The molecule has 0 saturated carbocycles. The van der Waals surface area contributed by atoms with Crippen LogP contribution in [0.5, 0.6) is 0 Å². The van der Waals surface area contributed by atoms with Gasteiger partial charge in [-0.1, -0.05) is 13.0 Å². The van der Waals surface area contributed by atoms with E-state index >= 15 is 0 Å². The molecular weight excluding hydrogens is 312 g/mol. The van der Waals surface area contributed by atoms with Crippen LogP contribution in [0.4, 0.5) is 0 Å². The highest BCUT2D eigenvalue weighted by Gasteiger charge is 2.42. The van der Waals surface area contributed by atoms with Gasteiger partial charge in [-0.15, -0.1) is 0 Å². The van der Waals surface area contributed by atoms with E-state index in [1.165, 1.54) is 5.56 Å². The van der Waals surface area contributed by atoms with Crippen LogP contribution in [0.1, 0.15) is 30.5 Å². The number of pyridine rings is 1. The van der Waals surface area contributed by atoms with Crippen LogP contribution in [0, 0.1) is 12.8 Å². The summed E-state index contributed by atoms with van der Waals surface area (Å²) in [5.74, 6) is 0.473. The first-order valence-corrected chi connectivity index (χ1v) is 8.94. The van der Waals surface area contributed by atoms with E-state index in [0.717, 1.165) is 47.2 Å². The molecule has 1 saturated heterocycles. The molecule has 1 unspecified atom stereocenters. The molecule has 25 heavy (non-hydrogen) atoms. The van der Waals surface area contributed by atoms with Crippen LogP contribution in [0.2, 0.25) is 0 Å². The third-order valence-electron chi connectivity index (χ3n) is 5.95. The molecule has 5 nitrogen and oxygen atoms in total. The number of aromatic amines is 1. The van der Waals surface area contributed by atoms with Gasteiger partial charge in [-0.2, -0.15) is 0 Å². The molecule has 2 heterocycles. The molecule has 0 amide bonds. The Balaban J connectivity index is 2.24. The fourth-order valence-electron chi connectivity index (χ4n) is 4.07. The molecule has 2 aromatic rings. The van der Waals surface area contributed by atoms with E-state index in [9.17, 15) is 4.79 Å². The fraction of sp³-hybridized carbons (Fsp3) is 0.450. The molecule has 0 aliphatic carbocycles.